The summed E-state index contributed by atoms with van der Waals surface area (Å²) in [5.41, 5.74) is -0.826. The number of carboxylic acids is 1. The van der Waals surface area contributed by atoms with Crippen molar-refractivity contribution in [3.05, 3.63) is 33.9 Å². The summed E-state index contributed by atoms with van der Waals surface area (Å²) >= 11 is 0. The number of carboxylic acid groups (broad SMARTS) is 1. The molecule has 1 aromatic rings. The van der Waals surface area contributed by atoms with E-state index < -0.39 is 22.2 Å². The van der Waals surface area contributed by atoms with Gasteiger partial charge in [-0.1, -0.05) is 0 Å². The van der Waals surface area contributed by atoms with Gasteiger partial charge in [-0.05, 0) is 38.3 Å². The maximum Gasteiger partial charge on any atom is 0.342 e. The number of carbonyl (C=O) groups is 1. The van der Waals surface area contributed by atoms with E-state index in [2.05, 4.69) is 0 Å². The minimum absolute atomic E-state index is 0.314. The molecule has 1 unspecified atom stereocenters. The Morgan fingerprint density at radius 3 is 2.71 bits per heavy atom. The summed E-state index contributed by atoms with van der Waals surface area (Å²) in [6, 6.07) is 4.14. The fourth-order valence-electron chi connectivity index (χ4n) is 2.57. The first-order valence-electron chi connectivity index (χ1n) is 6.79. The van der Waals surface area contributed by atoms with Crippen LogP contribution in [0.4, 0.5) is 11.4 Å². The van der Waals surface area contributed by atoms with Crippen LogP contribution in [0.15, 0.2) is 18.2 Å². The maximum absolute atomic E-state index is 11.0. The van der Waals surface area contributed by atoms with E-state index in [9.17, 15) is 20.0 Å². The second-order valence-electron chi connectivity index (χ2n) is 5.60. The Morgan fingerprint density at radius 2 is 2.10 bits per heavy atom. The standard InChI is InChI=1S/C14H18N2O5/c1-14(19)5-2-7-15(8-6-14)10-3-4-11(13(17)18)12(9-10)16(20)21/h3-4,9,19H,2,5-8H2,1H3,(H,17,18). The molecule has 114 valence electrons. The molecule has 1 heterocycles. The van der Waals surface area contributed by atoms with Gasteiger partial charge < -0.3 is 15.1 Å². The molecule has 0 bridgehead atoms. The zero-order valence-corrected chi connectivity index (χ0v) is 11.8. The van der Waals surface area contributed by atoms with E-state index in [0.717, 1.165) is 6.42 Å². The van der Waals surface area contributed by atoms with Crippen molar-refractivity contribution in [1.82, 2.24) is 0 Å². The van der Waals surface area contributed by atoms with Gasteiger partial charge in [-0.3, -0.25) is 10.1 Å². The first-order chi connectivity index (χ1) is 9.80. The average Bonchev–Trinajstić information content (AvgIpc) is 2.59. The van der Waals surface area contributed by atoms with Crippen LogP contribution in [0.5, 0.6) is 0 Å². The molecule has 21 heavy (non-hydrogen) atoms. The largest absolute Gasteiger partial charge is 0.477 e. The van der Waals surface area contributed by atoms with E-state index in [-0.39, 0.29) is 5.56 Å². The normalized spacial score (nSPS) is 22.7. The summed E-state index contributed by atoms with van der Waals surface area (Å²) in [6.45, 7) is 3.04. The molecule has 1 aromatic carbocycles. The van der Waals surface area contributed by atoms with Crippen molar-refractivity contribution in [2.24, 2.45) is 0 Å². The minimum Gasteiger partial charge on any atom is -0.477 e. The van der Waals surface area contributed by atoms with Crippen LogP contribution in [0.2, 0.25) is 0 Å². The van der Waals surface area contributed by atoms with Gasteiger partial charge in [0.05, 0.1) is 10.5 Å². The van der Waals surface area contributed by atoms with E-state index in [1.54, 1.807) is 13.0 Å². The number of aliphatic hydroxyl groups is 1. The number of anilines is 1. The van der Waals surface area contributed by atoms with Crippen molar-refractivity contribution in [2.75, 3.05) is 18.0 Å². The summed E-state index contributed by atoms with van der Waals surface area (Å²) < 4.78 is 0. The molecule has 0 saturated carbocycles. The summed E-state index contributed by atoms with van der Waals surface area (Å²) in [5.74, 6) is -1.31. The molecule has 0 spiro atoms. The predicted octanol–water partition coefficient (Wildman–Crippen LogP) is 2.03. The smallest absolute Gasteiger partial charge is 0.342 e. The molecule has 0 radical (unpaired) electrons. The number of nitro groups is 1. The number of rotatable bonds is 3. The van der Waals surface area contributed by atoms with Crippen LogP contribution in [0.25, 0.3) is 0 Å². The van der Waals surface area contributed by atoms with Gasteiger partial charge >= 0.3 is 5.97 Å². The Balaban J connectivity index is 2.30. The zero-order chi connectivity index (χ0) is 15.6. The van der Waals surface area contributed by atoms with Gasteiger partial charge in [0.2, 0.25) is 0 Å². The first-order valence-corrected chi connectivity index (χ1v) is 6.79. The maximum atomic E-state index is 11.0. The summed E-state index contributed by atoms with van der Waals surface area (Å²) in [5, 5.41) is 30.1. The first kappa shape index (κ1) is 15.2. The summed E-state index contributed by atoms with van der Waals surface area (Å²) in [4.78, 5) is 23.3. The highest BCUT2D eigenvalue weighted by Gasteiger charge is 2.27. The second kappa shape index (κ2) is 5.69. The lowest BCUT2D eigenvalue weighted by Gasteiger charge is -2.24. The number of hydrogen-bond donors (Lipinski definition) is 2. The van der Waals surface area contributed by atoms with E-state index in [0.29, 0.717) is 31.6 Å². The van der Waals surface area contributed by atoms with E-state index in [1.807, 2.05) is 4.90 Å². The van der Waals surface area contributed by atoms with Crippen molar-refractivity contribution in [3.8, 4) is 0 Å². The Morgan fingerprint density at radius 1 is 1.38 bits per heavy atom. The lowest BCUT2D eigenvalue weighted by molar-refractivity contribution is -0.385. The second-order valence-corrected chi connectivity index (χ2v) is 5.60. The number of nitrogens with zero attached hydrogens (tertiary/aromatic N) is 2. The van der Waals surface area contributed by atoms with Gasteiger partial charge in [0.15, 0.2) is 0 Å². The van der Waals surface area contributed by atoms with Crippen LogP contribution in [-0.4, -0.2) is 39.8 Å². The fourth-order valence-corrected chi connectivity index (χ4v) is 2.57. The highest BCUT2D eigenvalue weighted by molar-refractivity contribution is 5.93. The van der Waals surface area contributed by atoms with E-state index >= 15 is 0 Å². The van der Waals surface area contributed by atoms with Crippen molar-refractivity contribution >= 4 is 17.3 Å². The van der Waals surface area contributed by atoms with Gasteiger partial charge in [-0.2, -0.15) is 0 Å². The molecule has 1 aliphatic heterocycles. The molecule has 7 nitrogen and oxygen atoms in total. The molecule has 1 aliphatic rings. The topological polar surface area (TPSA) is 104 Å². The Bertz CT molecular complexity index is 570. The third-order valence-corrected chi connectivity index (χ3v) is 3.84. The molecular formula is C14H18N2O5. The fraction of sp³-hybridized carbons (Fsp3) is 0.500. The van der Waals surface area contributed by atoms with Crippen LogP contribution < -0.4 is 4.90 Å². The third-order valence-electron chi connectivity index (χ3n) is 3.84. The average molecular weight is 294 g/mol. The number of benzene rings is 1. The minimum atomic E-state index is -1.31. The number of aromatic carboxylic acids is 1. The lowest BCUT2D eigenvalue weighted by Crippen LogP contribution is -2.28. The van der Waals surface area contributed by atoms with Crippen LogP contribution in [-0.2, 0) is 0 Å². The predicted molar refractivity (Wildman–Crippen MR) is 76.7 cm³/mol. The summed E-state index contributed by atoms with van der Waals surface area (Å²) in [6.07, 6.45) is 2.03. The molecule has 0 aromatic heterocycles. The van der Waals surface area contributed by atoms with Gasteiger partial charge in [-0.25, -0.2) is 4.79 Å². The molecule has 1 saturated heterocycles. The van der Waals surface area contributed by atoms with E-state index in [4.69, 9.17) is 5.11 Å². The zero-order valence-electron chi connectivity index (χ0n) is 11.8. The number of nitro benzene ring substituents is 1. The Hall–Kier alpha value is -2.15. The molecule has 2 N–H and O–H groups in total. The van der Waals surface area contributed by atoms with Crippen LogP contribution in [0.1, 0.15) is 36.5 Å². The molecule has 1 fully saturated rings. The molecule has 7 heteroatoms. The van der Waals surface area contributed by atoms with Crippen molar-refractivity contribution < 1.29 is 19.9 Å². The highest BCUT2D eigenvalue weighted by Crippen LogP contribution is 2.29. The lowest BCUT2D eigenvalue weighted by atomic mass is 9.98. The molecule has 2 rings (SSSR count). The quantitative estimate of drug-likeness (QED) is 0.653. The molecule has 1 atom stereocenters. The molecule has 0 aliphatic carbocycles. The summed E-state index contributed by atoms with van der Waals surface area (Å²) in [7, 11) is 0. The highest BCUT2D eigenvalue weighted by atomic mass is 16.6. The SMILES string of the molecule is CC1(O)CCCN(c2ccc(C(=O)O)c([N+](=O)[O-])c2)CC1. The van der Waals surface area contributed by atoms with Gasteiger partial charge in [0, 0.05) is 24.8 Å². The van der Waals surface area contributed by atoms with Gasteiger partial charge in [-0.15, -0.1) is 0 Å². The van der Waals surface area contributed by atoms with Crippen LogP contribution >= 0.6 is 0 Å². The van der Waals surface area contributed by atoms with Crippen LogP contribution in [0.3, 0.4) is 0 Å². The van der Waals surface area contributed by atoms with Crippen molar-refractivity contribution in [2.45, 2.75) is 31.8 Å². The Kier molecular flexibility index (Phi) is 4.13. The monoisotopic (exact) mass is 294 g/mol. The Labute approximate surface area is 122 Å². The third kappa shape index (κ3) is 3.49. The van der Waals surface area contributed by atoms with Gasteiger partial charge in [0.25, 0.3) is 5.69 Å². The van der Waals surface area contributed by atoms with E-state index in [1.165, 1.54) is 12.1 Å². The van der Waals surface area contributed by atoms with Crippen LogP contribution in [0, 0.1) is 10.1 Å². The molecule has 0 amide bonds. The van der Waals surface area contributed by atoms with Crippen molar-refractivity contribution in [1.29, 1.82) is 0 Å². The molecular weight excluding hydrogens is 276 g/mol. The van der Waals surface area contributed by atoms with Crippen molar-refractivity contribution in [3.63, 3.8) is 0 Å². The number of hydrogen-bond acceptors (Lipinski definition) is 5. The van der Waals surface area contributed by atoms with Gasteiger partial charge in [0.1, 0.15) is 5.56 Å².